The van der Waals surface area contributed by atoms with Crippen LogP contribution < -0.4 is 10.2 Å². The molecular weight excluding hydrogens is 284 g/mol. The van der Waals surface area contributed by atoms with E-state index >= 15 is 0 Å². The van der Waals surface area contributed by atoms with E-state index in [0.29, 0.717) is 0 Å². The minimum Gasteiger partial charge on any atom is -0.375 e. The molecule has 1 fully saturated rings. The summed E-state index contributed by atoms with van der Waals surface area (Å²) in [5.41, 5.74) is 0. The van der Waals surface area contributed by atoms with Crippen molar-refractivity contribution >= 4 is 33.3 Å². The van der Waals surface area contributed by atoms with Crippen LogP contribution in [0, 0.1) is 0 Å². The largest absolute Gasteiger partial charge is 0.375 e. The Kier molecular flexibility index (Phi) is 4.26. The summed E-state index contributed by atoms with van der Waals surface area (Å²) >= 11 is 1.77. The topological polar surface area (TPSA) is 50.3 Å². The van der Waals surface area contributed by atoms with Crippen molar-refractivity contribution in [1.29, 1.82) is 0 Å². The molecular formula is C15H22N4OS. The minimum atomic E-state index is 0.246. The predicted molar refractivity (Wildman–Crippen MR) is 88.6 cm³/mol. The monoisotopic (exact) mass is 306 g/mol. The Bertz CT molecular complexity index is 627. The second-order valence-electron chi connectivity index (χ2n) is 5.31. The van der Waals surface area contributed by atoms with Crippen LogP contribution in [0.25, 0.3) is 10.2 Å². The summed E-state index contributed by atoms with van der Waals surface area (Å²) in [6, 6.07) is 2.24. The number of hydrogen-bond donors (Lipinski definition) is 1. The molecule has 1 N–H and O–H groups in total. The molecule has 5 nitrogen and oxygen atoms in total. The quantitative estimate of drug-likeness (QED) is 0.941. The van der Waals surface area contributed by atoms with Crippen LogP contribution >= 0.6 is 11.3 Å². The summed E-state index contributed by atoms with van der Waals surface area (Å²) in [6.45, 7) is 9.72. The third kappa shape index (κ3) is 2.96. The van der Waals surface area contributed by atoms with Gasteiger partial charge in [-0.1, -0.05) is 6.92 Å². The fraction of sp³-hybridized carbons (Fsp3) is 0.600. The van der Waals surface area contributed by atoms with Crippen molar-refractivity contribution in [3.05, 3.63) is 10.9 Å². The van der Waals surface area contributed by atoms with Gasteiger partial charge in [0.1, 0.15) is 10.6 Å². The second-order valence-corrected chi connectivity index (χ2v) is 6.43. The average Bonchev–Trinajstić information content (AvgIpc) is 2.90. The SMILES string of the molecule is CCNc1nc(N2CCOC(C)C2)c2cc(CC)sc2n1. The lowest BCUT2D eigenvalue weighted by atomic mass is 10.2. The van der Waals surface area contributed by atoms with Gasteiger partial charge in [-0.3, -0.25) is 0 Å². The highest BCUT2D eigenvalue weighted by Gasteiger charge is 2.22. The maximum atomic E-state index is 5.65. The van der Waals surface area contributed by atoms with Crippen LogP contribution in [-0.4, -0.2) is 42.3 Å². The van der Waals surface area contributed by atoms with Crippen molar-refractivity contribution in [2.24, 2.45) is 0 Å². The van der Waals surface area contributed by atoms with Gasteiger partial charge in [0.2, 0.25) is 5.95 Å². The Balaban J connectivity index is 2.06. The summed E-state index contributed by atoms with van der Waals surface area (Å²) in [4.78, 5) is 14.2. The van der Waals surface area contributed by atoms with Gasteiger partial charge in [-0.25, -0.2) is 4.98 Å². The maximum absolute atomic E-state index is 5.65. The molecule has 21 heavy (non-hydrogen) atoms. The first-order valence-corrected chi connectivity index (χ1v) is 8.43. The number of aromatic nitrogens is 2. The number of rotatable bonds is 4. The number of ether oxygens (including phenoxy) is 1. The molecule has 0 spiro atoms. The van der Waals surface area contributed by atoms with E-state index in [9.17, 15) is 0 Å². The van der Waals surface area contributed by atoms with Crippen molar-refractivity contribution < 1.29 is 4.74 Å². The van der Waals surface area contributed by atoms with Crippen LogP contribution in [0.1, 0.15) is 25.6 Å². The van der Waals surface area contributed by atoms with Crippen LogP contribution in [0.2, 0.25) is 0 Å². The molecule has 1 saturated heterocycles. The molecule has 1 atom stereocenters. The van der Waals surface area contributed by atoms with Crippen molar-refractivity contribution in [2.75, 3.05) is 36.5 Å². The second kappa shape index (κ2) is 6.15. The van der Waals surface area contributed by atoms with Crippen LogP contribution in [0.15, 0.2) is 6.07 Å². The Labute approximate surface area is 129 Å². The van der Waals surface area contributed by atoms with Gasteiger partial charge in [-0.2, -0.15) is 4.98 Å². The smallest absolute Gasteiger partial charge is 0.226 e. The van der Waals surface area contributed by atoms with Gasteiger partial charge in [0.05, 0.1) is 18.1 Å². The van der Waals surface area contributed by atoms with Gasteiger partial charge in [-0.05, 0) is 26.3 Å². The molecule has 0 amide bonds. The lowest BCUT2D eigenvalue weighted by Gasteiger charge is -2.32. The Morgan fingerprint density at radius 3 is 3.00 bits per heavy atom. The Morgan fingerprint density at radius 2 is 2.29 bits per heavy atom. The third-order valence-corrected chi connectivity index (χ3v) is 4.82. The van der Waals surface area contributed by atoms with Crippen molar-refractivity contribution in [2.45, 2.75) is 33.3 Å². The Hall–Kier alpha value is -1.40. The number of aryl methyl sites for hydroxylation is 1. The first-order chi connectivity index (χ1) is 10.2. The van der Waals surface area contributed by atoms with Gasteiger partial charge in [-0.15, -0.1) is 11.3 Å². The first-order valence-electron chi connectivity index (χ1n) is 7.62. The average molecular weight is 306 g/mol. The van der Waals surface area contributed by atoms with Gasteiger partial charge in [0.15, 0.2) is 0 Å². The maximum Gasteiger partial charge on any atom is 0.226 e. The van der Waals surface area contributed by atoms with Gasteiger partial charge in [0.25, 0.3) is 0 Å². The number of morpholine rings is 1. The van der Waals surface area contributed by atoms with E-state index in [1.807, 2.05) is 0 Å². The van der Waals surface area contributed by atoms with Gasteiger partial charge >= 0.3 is 0 Å². The number of hydrogen-bond acceptors (Lipinski definition) is 6. The highest BCUT2D eigenvalue weighted by atomic mass is 32.1. The lowest BCUT2D eigenvalue weighted by molar-refractivity contribution is 0.0530. The molecule has 6 heteroatoms. The fourth-order valence-corrected chi connectivity index (χ4v) is 3.58. The molecule has 1 aliphatic heterocycles. The zero-order valence-electron chi connectivity index (χ0n) is 12.8. The molecule has 114 valence electrons. The molecule has 1 unspecified atom stereocenters. The fourth-order valence-electron chi connectivity index (χ4n) is 2.62. The normalized spacial score (nSPS) is 19.2. The minimum absolute atomic E-state index is 0.246. The first kappa shape index (κ1) is 14.5. The van der Waals surface area contributed by atoms with E-state index in [2.05, 4.69) is 42.0 Å². The molecule has 3 rings (SSSR count). The van der Waals surface area contributed by atoms with E-state index in [4.69, 9.17) is 9.72 Å². The van der Waals surface area contributed by atoms with E-state index in [1.165, 1.54) is 10.3 Å². The van der Waals surface area contributed by atoms with Crippen LogP contribution in [0.5, 0.6) is 0 Å². The lowest BCUT2D eigenvalue weighted by Crippen LogP contribution is -2.41. The molecule has 2 aromatic rings. The number of anilines is 2. The molecule has 0 bridgehead atoms. The predicted octanol–water partition coefficient (Wildman–Crippen LogP) is 2.91. The van der Waals surface area contributed by atoms with Gasteiger partial charge < -0.3 is 15.0 Å². The molecule has 0 saturated carbocycles. The van der Waals surface area contributed by atoms with E-state index < -0.39 is 0 Å². The number of fused-ring (bicyclic) bond motifs is 1. The molecule has 1 aliphatic rings. The third-order valence-electron chi connectivity index (χ3n) is 3.65. The summed E-state index contributed by atoms with van der Waals surface area (Å²) in [5, 5.41) is 4.42. The van der Waals surface area contributed by atoms with E-state index in [-0.39, 0.29) is 6.10 Å². The molecule has 0 radical (unpaired) electrons. The standard InChI is InChI=1S/C15H22N4OS/c1-4-11-8-12-13(19-6-7-20-10(3)9-19)17-15(16-5-2)18-14(12)21-11/h8,10H,4-7,9H2,1-3H3,(H,16,17,18). The highest BCUT2D eigenvalue weighted by molar-refractivity contribution is 7.18. The molecule has 0 aliphatic carbocycles. The summed E-state index contributed by atoms with van der Waals surface area (Å²) in [7, 11) is 0. The van der Waals surface area contributed by atoms with Crippen molar-refractivity contribution in [3.63, 3.8) is 0 Å². The van der Waals surface area contributed by atoms with E-state index in [1.54, 1.807) is 11.3 Å². The summed E-state index contributed by atoms with van der Waals surface area (Å²) in [5.74, 6) is 1.77. The highest BCUT2D eigenvalue weighted by Crippen LogP contribution is 2.33. The van der Waals surface area contributed by atoms with Crippen LogP contribution in [0.3, 0.4) is 0 Å². The van der Waals surface area contributed by atoms with Crippen LogP contribution in [0.4, 0.5) is 11.8 Å². The number of thiophene rings is 1. The zero-order valence-corrected chi connectivity index (χ0v) is 13.7. The van der Waals surface area contributed by atoms with Crippen molar-refractivity contribution in [1.82, 2.24) is 9.97 Å². The van der Waals surface area contributed by atoms with Gasteiger partial charge in [0, 0.05) is 24.5 Å². The summed E-state index contributed by atoms with van der Waals surface area (Å²) in [6.07, 6.45) is 1.28. The van der Waals surface area contributed by atoms with E-state index in [0.717, 1.165) is 49.3 Å². The summed E-state index contributed by atoms with van der Waals surface area (Å²) < 4.78 is 5.65. The molecule has 2 aromatic heterocycles. The Morgan fingerprint density at radius 1 is 1.43 bits per heavy atom. The van der Waals surface area contributed by atoms with Crippen LogP contribution in [-0.2, 0) is 11.2 Å². The van der Waals surface area contributed by atoms with Crippen molar-refractivity contribution in [3.8, 4) is 0 Å². The number of nitrogens with one attached hydrogen (secondary N) is 1. The molecule has 0 aromatic carbocycles. The zero-order chi connectivity index (χ0) is 14.8. The number of nitrogens with zero attached hydrogens (tertiary/aromatic N) is 3. The molecule has 3 heterocycles.